The smallest absolute Gasteiger partial charge is 0.246 e. The predicted molar refractivity (Wildman–Crippen MR) is 76.4 cm³/mol. The summed E-state index contributed by atoms with van der Waals surface area (Å²) in [5.74, 6) is 0.518. The maximum atomic E-state index is 12.0. The first-order chi connectivity index (χ1) is 9.04. The summed E-state index contributed by atoms with van der Waals surface area (Å²) in [7, 11) is 1.82. The van der Waals surface area contributed by atoms with Gasteiger partial charge in [0, 0.05) is 30.0 Å². The lowest BCUT2D eigenvalue weighted by Gasteiger charge is -2.13. The summed E-state index contributed by atoms with van der Waals surface area (Å²) in [6, 6.07) is 8.45. The topological polar surface area (TPSA) is 59.0 Å². The molecule has 6 heteroatoms. The second kappa shape index (κ2) is 5.75. The first kappa shape index (κ1) is 13.4. The lowest BCUT2D eigenvalue weighted by atomic mass is 10.2. The number of hydrogen-bond donors (Lipinski definition) is 2. The van der Waals surface area contributed by atoms with Crippen molar-refractivity contribution in [3.63, 3.8) is 0 Å². The fraction of sp³-hybridized carbons (Fsp3) is 0.231. The molecule has 1 aromatic carbocycles. The molecule has 2 aromatic rings. The van der Waals surface area contributed by atoms with E-state index in [0.29, 0.717) is 16.5 Å². The highest BCUT2D eigenvalue weighted by atomic mass is 35.5. The van der Waals surface area contributed by atoms with Gasteiger partial charge in [0.2, 0.25) is 5.91 Å². The Labute approximate surface area is 116 Å². The highest BCUT2D eigenvalue weighted by Crippen LogP contribution is 2.15. The molecule has 0 aliphatic heterocycles. The van der Waals surface area contributed by atoms with Crippen molar-refractivity contribution >= 4 is 29.0 Å². The summed E-state index contributed by atoms with van der Waals surface area (Å²) in [5.41, 5.74) is 0.673. The zero-order valence-electron chi connectivity index (χ0n) is 10.7. The molecule has 0 aliphatic rings. The van der Waals surface area contributed by atoms with Crippen LogP contribution in [0.1, 0.15) is 6.92 Å². The summed E-state index contributed by atoms with van der Waals surface area (Å²) in [5, 5.41) is 10.6. The molecule has 1 aromatic heterocycles. The Morgan fingerprint density at radius 1 is 1.42 bits per heavy atom. The lowest BCUT2D eigenvalue weighted by molar-refractivity contribution is -0.116. The van der Waals surface area contributed by atoms with Crippen molar-refractivity contribution in [3.05, 3.63) is 41.6 Å². The average molecular weight is 279 g/mol. The standard InChI is InChI=1S/C13H15ClN4O/c1-9(15-12-6-7-18(2)17-12)13(19)16-11-5-3-4-10(14)8-11/h3-9H,1-2H3,(H,15,17)(H,16,19). The van der Waals surface area contributed by atoms with E-state index >= 15 is 0 Å². The van der Waals surface area contributed by atoms with Crippen LogP contribution in [0, 0.1) is 0 Å². The number of nitrogens with zero attached hydrogens (tertiary/aromatic N) is 2. The molecule has 1 heterocycles. The minimum absolute atomic E-state index is 0.145. The van der Waals surface area contributed by atoms with Gasteiger partial charge in [-0.05, 0) is 25.1 Å². The minimum Gasteiger partial charge on any atom is -0.357 e. The average Bonchev–Trinajstić information content (AvgIpc) is 2.74. The molecule has 2 rings (SSSR count). The first-order valence-corrected chi connectivity index (χ1v) is 6.25. The molecule has 0 spiro atoms. The van der Waals surface area contributed by atoms with Gasteiger partial charge < -0.3 is 10.6 Å². The molecular weight excluding hydrogens is 264 g/mol. The largest absolute Gasteiger partial charge is 0.357 e. The van der Waals surface area contributed by atoms with Gasteiger partial charge in [-0.25, -0.2) is 0 Å². The number of amides is 1. The van der Waals surface area contributed by atoms with Crippen molar-refractivity contribution in [3.8, 4) is 0 Å². The Kier molecular flexibility index (Phi) is 4.06. The number of carbonyl (C=O) groups excluding carboxylic acids is 1. The van der Waals surface area contributed by atoms with Crippen LogP contribution in [0.25, 0.3) is 0 Å². The molecule has 5 nitrogen and oxygen atoms in total. The fourth-order valence-corrected chi connectivity index (χ4v) is 1.79. The van der Waals surface area contributed by atoms with Crippen LogP contribution in [0.15, 0.2) is 36.5 Å². The molecule has 0 fully saturated rings. The van der Waals surface area contributed by atoms with Gasteiger partial charge in [-0.3, -0.25) is 9.48 Å². The second-order valence-electron chi connectivity index (χ2n) is 4.24. The van der Waals surface area contributed by atoms with E-state index in [1.807, 2.05) is 19.3 Å². The van der Waals surface area contributed by atoms with Crippen molar-refractivity contribution in [2.45, 2.75) is 13.0 Å². The number of anilines is 2. The van der Waals surface area contributed by atoms with Gasteiger partial charge in [-0.1, -0.05) is 17.7 Å². The number of rotatable bonds is 4. The van der Waals surface area contributed by atoms with Crippen LogP contribution in [0.2, 0.25) is 5.02 Å². The molecule has 0 bridgehead atoms. The van der Waals surface area contributed by atoms with E-state index in [9.17, 15) is 4.79 Å². The van der Waals surface area contributed by atoms with Crippen LogP contribution in [0.5, 0.6) is 0 Å². The zero-order chi connectivity index (χ0) is 13.8. The van der Waals surface area contributed by atoms with Gasteiger partial charge in [-0.15, -0.1) is 0 Å². The summed E-state index contributed by atoms with van der Waals surface area (Å²) in [6.45, 7) is 1.77. The highest BCUT2D eigenvalue weighted by molar-refractivity contribution is 6.30. The van der Waals surface area contributed by atoms with Crippen LogP contribution in [0.4, 0.5) is 11.5 Å². The van der Waals surface area contributed by atoms with Gasteiger partial charge in [0.25, 0.3) is 0 Å². The molecule has 0 aliphatic carbocycles. The third-order valence-electron chi connectivity index (χ3n) is 2.56. The first-order valence-electron chi connectivity index (χ1n) is 5.87. The number of carbonyl (C=O) groups is 1. The lowest BCUT2D eigenvalue weighted by Crippen LogP contribution is -2.32. The molecule has 2 N–H and O–H groups in total. The molecular formula is C13H15ClN4O. The Morgan fingerprint density at radius 3 is 2.84 bits per heavy atom. The third kappa shape index (κ3) is 3.72. The molecule has 0 saturated carbocycles. The van der Waals surface area contributed by atoms with Crippen molar-refractivity contribution in [1.82, 2.24) is 9.78 Å². The normalized spacial score (nSPS) is 11.9. The monoisotopic (exact) mass is 278 g/mol. The summed E-state index contributed by atoms with van der Waals surface area (Å²) >= 11 is 5.86. The number of aryl methyl sites for hydroxylation is 1. The summed E-state index contributed by atoms with van der Waals surface area (Å²) < 4.78 is 1.67. The van der Waals surface area contributed by atoms with Crippen molar-refractivity contribution in [2.75, 3.05) is 10.6 Å². The van der Waals surface area contributed by atoms with Crippen molar-refractivity contribution < 1.29 is 4.79 Å². The number of hydrogen-bond acceptors (Lipinski definition) is 3. The van der Waals surface area contributed by atoms with E-state index in [0.717, 1.165) is 0 Å². The quantitative estimate of drug-likeness (QED) is 0.903. The van der Waals surface area contributed by atoms with Gasteiger partial charge in [0.05, 0.1) is 0 Å². The summed E-state index contributed by atoms with van der Waals surface area (Å²) in [6.07, 6.45) is 1.81. The second-order valence-corrected chi connectivity index (χ2v) is 4.68. The van der Waals surface area contributed by atoms with Crippen LogP contribution in [-0.4, -0.2) is 21.7 Å². The van der Waals surface area contributed by atoms with Gasteiger partial charge in [-0.2, -0.15) is 5.10 Å². The highest BCUT2D eigenvalue weighted by Gasteiger charge is 2.13. The predicted octanol–water partition coefficient (Wildman–Crippen LogP) is 2.51. The third-order valence-corrected chi connectivity index (χ3v) is 2.80. The van der Waals surface area contributed by atoms with E-state index in [-0.39, 0.29) is 5.91 Å². The number of benzene rings is 1. The Morgan fingerprint density at radius 2 is 2.21 bits per heavy atom. The van der Waals surface area contributed by atoms with Gasteiger partial charge in [0.15, 0.2) is 0 Å². The molecule has 1 amide bonds. The van der Waals surface area contributed by atoms with Crippen molar-refractivity contribution in [2.24, 2.45) is 7.05 Å². The number of aromatic nitrogens is 2. The zero-order valence-corrected chi connectivity index (χ0v) is 11.5. The Hall–Kier alpha value is -2.01. The van der Waals surface area contributed by atoms with Crippen LogP contribution in [0.3, 0.4) is 0 Å². The number of nitrogens with one attached hydrogen (secondary N) is 2. The molecule has 100 valence electrons. The maximum Gasteiger partial charge on any atom is 0.246 e. The van der Waals surface area contributed by atoms with Crippen molar-refractivity contribution in [1.29, 1.82) is 0 Å². The van der Waals surface area contributed by atoms with E-state index in [1.165, 1.54) is 0 Å². The van der Waals surface area contributed by atoms with E-state index in [1.54, 1.807) is 35.9 Å². The number of halogens is 1. The van der Waals surface area contributed by atoms with E-state index < -0.39 is 6.04 Å². The van der Waals surface area contributed by atoms with Gasteiger partial charge >= 0.3 is 0 Å². The minimum atomic E-state index is -0.395. The Balaban J connectivity index is 1.96. The summed E-state index contributed by atoms with van der Waals surface area (Å²) in [4.78, 5) is 12.0. The van der Waals surface area contributed by atoms with E-state index in [2.05, 4.69) is 15.7 Å². The molecule has 1 atom stereocenters. The molecule has 1 unspecified atom stereocenters. The fourth-order valence-electron chi connectivity index (χ4n) is 1.60. The molecule has 0 radical (unpaired) electrons. The maximum absolute atomic E-state index is 12.0. The molecule has 19 heavy (non-hydrogen) atoms. The van der Waals surface area contributed by atoms with Gasteiger partial charge in [0.1, 0.15) is 11.9 Å². The molecule has 0 saturated heterocycles. The van der Waals surface area contributed by atoms with Crippen LogP contribution in [-0.2, 0) is 11.8 Å². The van der Waals surface area contributed by atoms with Crippen LogP contribution >= 0.6 is 11.6 Å². The Bertz CT molecular complexity index is 582. The van der Waals surface area contributed by atoms with Crippen LogP contribution < -0.4 is 10.6 Å². The SMILES string of the molecule is CC(Nc1ccn(C)n1)C(=O)Nc1cccc(Cl)c1. The van der Waals surface area contributed by atoms with E-state index in [4.69, 9.17) is 11.6 Å².